The third-order valence-corrected chi connectivity index (χ3v) is 9.12. The highest BCUT2D eigenvalue weighted by atomic mass is 32.2. The molecule has 0 unspecified atom stereocenters. The molecule has 0 amide bonds. The maximum atomic E-state index is 13.6. The zero-order chi connectivity index (χ0) is 25.6. The molecule has 1 saturated heterocycles. The molecule has 1 aliphatic rings. The molecule has 1 heterocycles. The van der Waals surface area contributed by atoms with Gasteiger partial charge < -0.3 is 4.74 Å². The summed E-state index contributed by atoms with van der Waals surface area (Å²) in [5.41, 5.74) is 1.63. The smallest absolute Gasteiger partial charge is 0.337 e. The van der Waals surface area contributed by atoms with Crippen LogP contribution in [0.1, 0.15) is 15.9 Å². The van der Waals surface area contributed by atoms with Crippen LogP contribution in [-0.2, 0) is 31.5 Å². The number of carbonyl (C=O) groups is 1. The van der Waals surface area contributed by atoms with Gasteiger partial charge in [-0.2, -0.15) is 17.0 Å². The SMILES string of the molecule is COC(=O)c1ccc(CN(c2ccccc2)S(=O)(=O)N(C)CCN2CCN(S(C)(=O)=O)CC2)cc1. The predicted molar refractivity (Wildman–Crippen MR) is 135 cm³/mol. The number of ether oxygens (including phenoxy) is 1. The van der Waals surface area contributed by atoms with Gasteiger partial charge in [0.05, 0.1) is 31.2 Å². The number of benzene rings is 2. The molecule has 0 atom stereocenters. The molecule has 35 heavy (non-hydrogen) atoms. The second kappa shape index (κ2) is 11.5. The van der Waals surface area contributed by atoms with E-state index in [9.17, 15) is 21.6 Å². The maximum absolute atomic E-state index is 13.6. The molecule has 0 spiro atoms. The fourth-order valence-corrected chi connectivity index (χ4v) is 5.96. The van der Waals surface area contributed by atoms with Crippen LogP contribution < -0.4 is 4.31 Å². The van der Waals surface area contributed by atoms with E-state index in [-0.39, 0.29) is 13.1 Å². The van der Waals surface area contributed by atoms with Gasteiger partial charge in [0.1, 0.15) is 0 Å². The molecule has 2 aromatic rings. The van der Waals surface area contributed by atoms with Gasteiger partial charge in [0.25, 0.3) is 0 Å². The van der Waals surface area contributed by atoms with Crippen LogP contribution in [0.25, 0.3) is 0 Å². The molecule has 10 nitrogen and oxygen atoms in total. The molecule has 1 fully saturated rings. The van der Waals surface area contributed by atoms with E-state index < -0.39 is 26.2 Å². The summed E-state index contributed by atoms with van der Waals surface area (Å²) in [6, 6.07) is 15.5. The van der Waals surface area contributed by atoms with Crippen molar-refractivity contribution < 1.29 is 26.4 Å². The molecule has 192 valence electrons. The van der Waals surface area contributed by atoms with Crippen LogP contribution in [0.2, 0.25) is 0 Å². The summed E-state index contributed by atoms with van der Waals surface area (Å²) in [5, 5.41) is 0. The van der Waals surface area contributed by atoms with Crippen molar-refractivity contribution in [2.75, 3.05) is 64.0 Å². The Morgan fingerprint density at radius 1 is 0.943 bits per heavy atom. The number of carbonyl (C=O) groups excluding carboxylic acids is 1. The van der Waals surface area contributed by atoms with Crippen LogP contribution in [0.4, 0.5) is 5.69 Å². The Morgan fingerprint density at radius 3 is 2.09 bits per heavy atom. The summed E-state index contributed by atoms with van der Waals surface area (Å²) >= 11 is 0. The van der Waals surface area contributed by atoms with Crippen LogP contribution in [0.15, 0.2) is 54.6 Å². The van der Waals surface area contributed by atoms with Crippen molar-refractivity contribution in [2.24, 2.45) is 0 Å². The van der Waals surface area contributed by atoms with E-state index in [1.807, 2.05) is 6.07 Å². The van der Waals surface area contributed by atoms with Crippen LogP contribution in [-0.4, -0.2) is 96.0 Å². The van der Waals surface area contributed by atoms with E-state index >= 15 is 0 Å². The lowest BCUT2D eigenvalue weighted by Gasteiger charge is -2.35. The Morgan fingerprint density at radius 2 is 1.54 bits per heavy atom. The van der Waals surface area contributed by atoms with Gasteiger partial charge in [0, 0.05) is 46.3 Å². The molecule has 0 saturated carbocycles. The predicted octanol–water partition coefficient (Wildman–Crippen LogP) is 1.23. The number of para-hydroxylation sites is 1. The first kappa shape index (κ1) is 27.1. The fraction of sp³-hybridized carbons (Fsp3) is 0.435. The van der Waals surface area contributed by atoms with Gasteiger partial charge in [-0.25, -0.2) is 13.2 Å². The zero-order valence-electron chi connectivity index (χ0n) is 20.2. The topological polar surface area (TPSA) is 108 Å². The number of methoxy groups -OCH3 is 1. The van der Waals surface area contributed by atoms with Crippen molar-refractivity contribution in [1.29, 1.82) is 0 Å². The number of sulfonamides is 1. The van der Waals surface area contributed by atoms with Crippen molar-refractivity contribution in [2.45, 2.75) is 6.54 Å². The van der Waals surface area contributed by atoms with Gasteiger partial charge in [0.15, 0.2) is 0 Å². The summed E-state index contributed by atoms with van der Waals surface area (Å²) in [5.74, 6) is -0.457. The molecule has 0 radical (unpaired) electrons. The van der Waals surface area contributed by atoms with Crippen LogP contribution >= 0.6 is 0 Å². The Bertz CT molecular complexity index is 1200. The maximum Gasteiger partial charge on any atom is 0.337 e. The number of nitrogens with zero attached hydrogens (tertiary/aromatic N) is 4. The number of hydrogen-bond donors (Lipinski definition) is 0. The van der Waals surface area contributed by atoms with E-state index in [4.69, 9.17) is 4.74 Å². The van der Waals surface area contributed by atoms with E-state index in [1.165, 1.54) is 26.3 Å². The number of hydrogen-bond acceptors (Lipinski definition) is 7. The summed E-state index contributed by atoms with van der Waals surface area (Å²) in [7, 11) is -4.25. The van der Waals surface area contributed by atoms with E-state index in [0.29, 0.717) is 44.0 Å². The Hall–Kier alpha value is -2.51. The van der Waals surface area contributed by atoms with Gasteiger partial charge in [-0.05, 0) is 29.8 Å². The Kier molecular flexibility index (Phi) is 8.89. The highest BCUT2D eigenvalue weighted by molar-refractivity contribution is 7.90. The van der Waals surface area contributed by atoms with Crippen molar-refractivity contribution in [1.82, 2.24) is 13.5 Å². The van der Waals surface area contributed by atoms with Crippen molar-refractivity contribution in [3.05, 3.63) is 65.7 Å². The third-order valence-electron chi connectivity index (χ3n) is 5.95. The van der Waals surface area contributed by atoms with Gasteiger partial charge >= 0.3 is 16.2 Å². The minimum Gasteiger partial charge on any atom is -0.465 e. The molecule has 0 aliphatic carbocycles. The minimum absolute atomic E-state index is 0.0885. The standard InChI is InChI=1S/C23H32N4O6S2/c1-24(13-14-25-15-17-26(18-16-25)34(3,29)30)35(31,32)27(22-7-5-4-6-8-22)19-20-9-11-21(12-10-20)23(28)33-2/h4-12H,13-19H2,1-3H3. The zero-order valence-corrected chi connectivity index (χ0v) is 21.8. The van der Waals surface area contributed by atoms with Gasteiger partial charge in [-0.1, -0.05) is 30.3 Å². The molecule has 0 aromatic heterocycles. The first-order chi connectivity index (χ1) is 16.5. The average molecular weight is 525 g/mol. The average Bonchev–Trinajstić information content (AvgIpc) is 2.85. The number of likely N-dealkylation sites (N-methyl/N-ethyl adjacent to an activating group) is 1. The third kappa shape index (κ3) is 7.01. The van der Waals surface area contributed by atoms with Gasteiger partial charge in [0.2, 0.25) is 10.0 Å². The molecule has 3 rings (SSSR count). The van der Waals surface area contributed by atoms with Crippen molar-refractivity contribution in [3.8, 4) is 0 Å². The number of esters is 1. The molecular formula is C23H32N4O6S2. The molecule has 2 aromatic carbocycles. The molecule has 0 N–H and O–H groups in total. The summed E-state index contributed by atoms with van der Waals surface area (Å²) in [4.78, 5) is 13.8. The first-order valence-electron chi connectivity index (χ1n) is 11.2. The summed E-state index contributed by atoms with van der Waals surface area (Å²) in [6.07, 6.45) is 1.20. The van der Waals surface area contributed by atoms with Crippen molar-refractivity contribution in [3.63, 3.8) is 0 Å². The highest BCUT2D eigenvalue weighted by Crippen LogP contribution is 2.23. The van der Waals surface area contributed by atoms with E-state index in [0.717, 1.165) is 5.56 Å². The lowest BCUT2D eigenvalue weighted by atomic mass is 10.1. The van der Waals surface area contributed by atoms with E-state index in [2.05, 4.69) is 4.90 Å². The monoisotopic (exact) mass is 524 g/mol. The Balaban J connectivity index is 1.71. The molecule has 12 heteroatoms. The van der Waals surface area contributed by atoms with Crippen LogP contribution in [0.3, 0.4) is 0 Å². The number of anilines is 1. The number of rotatable bonds is 10. The van der Waals surface area contributed by atoms with E-state index in [1.54, 1.807) is 55.6 Å². The second-order valence-electron chi connectivity index (χ2n) is 8.36. The molecular weight excluding hydrogens is 492 g/mol. The minimum atomic E-state index is -3.88. The Labute approximate surface area is 207 Å². The summed E-state index contributed by atoms with van der Waals surface area (Å²) in [6.45, 7) is 2.73. The first-order valence-corrected chi connectivity index (χ1v) is 14.4. The molecule has 1 aliphatic heterocycles. The highest BCUT2D eigenvalue weighted by Gasteiger charge is 2.29. The molecule has 0 bridgehead atoms. The summed E-state index contributed by atoms with van der Waals surface area (Å²) < 4.78 is 59.4. The van der Waals surface area contributed by atoms with Gasteiger partial charge in [-0.3, -0.25) is 9.21 Å². The largest absolute Gasteiger partial charge is 0.465 e. The fourth-order valence-electron chi connectivity index (χ4n) is 3.78. The number of piperazine rings is 1. The lowest BCUT2D eigenvalue weighted by molar-refractivity contribution is 0.0600. The normalized spacial score (nSPS) is 15.8. The van der Waals surface area contributed by atoms with Gasteiger partial charge in [-0.15, -0.1) is 0 Å². The van der Waals surface area contributed by atoms with Crippen LogP contribution in [0.5, 0.6) is 0 Å². The second-order valence-corrected chi connectivity index (χ2v) is 12.3. The van der Waals surface area contributed by atoms with Crippen molar-refractivity contribution >= 4 is 31.9 Å². The quantitative estimate of drug-likeness (QED) is 0.430. The van der Waals surface area contributed by atoms with Crippen LogP contribution in [0, 0.1) is 0 Å². The lowest BCUT2D eigenvalue weighted by Crippen LogP contribution is -2.51.